The van der Waals surface area contributed by atoms with Gasteiger partial charge in [0.25, 0.3) is 0 Å². The van der Waals surface area contributed by atoms with E-state index in [1.165, 1.54) is 16.4 Å². The largest absolute Gasteiger partial charge is 0.326 e. The molecule has 1 aromatic heterocycles. The molecule has 0 radical (unpaired) electrons. The van der Waals surface area contributed by atoms with Gasteiger partial charge in [-0.3, -0.25) is 9.78 Å². The maximum Gasteiger partial charge on any atom is 0.243 e. The van der Waals surface area contributed by atoms with Gasteiger partial charge in [0.15, 0.2) is 0 Å². The topological polar surface area (TPSA) is 103 Å². The molecule has 0 atom stereocenters. The number of nitriles is 1. The van der Waals surface area contributed by atoms with Crippen LogP contribution in [0.3, 0.4) is 0 Å². The molecule has 1 N–H and O–H groups in total. The molecule has 8 heteroatoms. The average Bonchev–Trinajstić information content (AvgIpc) is 2.66. The number of benzene rings is 1. The summed E-state index contributed by atoms with van der Waals surface area (Å²) in [6.45, 7) is 1.95. The molecule has 1 amide bonds. The molecular formula is C18H20N4O3S. The number of carbonyl (C=O) groups excluding carboxylic acids is 1. The summed E-state index contributed by atoms with van der Waals surface area (Å²) in [4.78, 5) is 15.5. The van der Waals surface area contributed by atoms with Crippen LogP contribution in [0.1, 0.15) is 25.3 Å². The standard InChI is InChI=1S/C18H20N4O3S/c1-2-18(23)21-16-6-8-17(9-7-16)26(24,25)22(12-4-10-19)14-15-5-3-11-20-13-15/h3,5-9,11,13H,2,4,12,14H2,1H3,(H,21,23). The summed E-state index contributed by atoms with van der Waals surface area (Å²) in [5, 5.41) is 11.5. The van der Waals surface area contributed by atoms with Gasteiger partial charge in [0.2, 0.25) is 15.9 Å². The van der Waals surface area contributed by atoms with E-state index in [0.717, 1.165) is 5.56 Å². The molecule has 1 heterocycles. The van der Waals surface area contributed by atoms with Crippen molar-refractivity contribution in [3.8, 4) is 6.07 Å². The predicted octanol–water partition coefficient (Wildman–Crippen LogP) is 2.53. The molecule has 2 rings (SSSR count). The molecule has 1 aromatic carbocycles. The van der Waals surface area contributed by atoms with Gasteiger partial charge in [-0.05, 0) is 35.9 Å². The van der Waals surface area contributed by atoms with Crippen molar-refractivity contribution in [2.24, 2.45) is 0 Å². The second-order valence-corrected chi connectivity index (χ2v) is 7.47. The summed E-state index contributed by atoms with van der Waals surface area (Å²) >= 11 is 0. The third-order valence-corrected chi connectivity index (χ3v) is 5.51. The van der Waals surface area contributed by atoms with Crippen LogP contribution in [-0.2, 0) is 21.4 Å². The van der Waals surface area contributed by atoms with Crippen molar-refractivity contribution in [2.45, 2.75) is 31.2 Å². The van der Waals surface area contributed by atoms with Crippen molar-refractivity contribution in [1.82, 2.24) is 9.29 Å². The van der Waals surface area contributed by atoms with Crippen molar-refractivity contribution in [2.75, 3.05) is 11.9 Å². The van der Waals surface area contributed by atoms with Crippen molar-refractivity contribution < 1.29 is 13.2 Å². The zero-order valence-electron chi connectivity index (χ0n) is 14.4. The van der Waals surface area contributed by atoms with Gasteiger partial charge in [-0.1, -0.05) is 13.0 Å². The number of aromatic nitrogens is 1. The molecule has 0 aliphatic heterocycles. The summed E-state index contributed by atoms with van der Waals surface area (Å²) in [6, 6.07) is 11.5. The fourth-order valence-electron chi connectivity index (χ4n) is 2.26. The highest BCUT2D eigenvalue weighted by Gasteiger charge is 2.24. The summed E-state index contributed by atoms with van der Waals surface area (Å²) in [6.07, 6.45) is 3.64. The quantitative estimate of drug-likeness (QED) is 0.767. The van der Waals surface area contributed by atoms with Gasteiger partial charge in [-0.2, -0.15) is 9.57 Å². The normalized spacial score (nSPS) is 11.1. The third kappa shape index (κ3) is 5.12. The number of rotatable bonds is 8. The Labute approximate surface area is 153 Å². The third-order valence-electron chi connectivity index (χ3n) is 3.65. The second-order valence-electron chi connectivity index (χ2n) is 5.53. The Morgan fingerprint density at radius 1 is 1.27 bits per heavy atom. The van der Waals surface area contributed by atoms with E-state index in [1.807, 2.05) is 6.07 Å². The molecule has 0 fully saturated rings. The highest BCUT2D eigenvalue weighted by molar-refractivity contribution is 7.89. The van der Waals surface area contributed by atoms with Gasteiger partial charge in [0.05, 0.1) is 11.0 Å². The second kappa shape index (κ2) is 9.08. The van der Waals surface area contributed by atoms with Gasteiger partial charge in [0.1, 0.15) is 0 Å². The minimum atomic E-state index is -3.78. The van der Waals surface area contributed by atoms with E-state index in [-0.39, 0.29) is 30.3 Å². The SMILES string of the molecule is CCC(=O)Nc1ccc(S(=O)(=O)N(CCC#N)Cc2cccnc2)cc1. The Kier molecular flexibility index (Phi) is 6.83. The minimum Gasteiger partial charge on any atom is -0.326 e. The van der Waals surface area contributed by atoms with Gasteiger partial charge < -0.3 is 5.32 Å². The molecular weight excluding hydrogens is 352 g/mol. The number of nitrogens with zero attached hydrogens (tertiary/aromatic N) is 3. The Balaban J connectivity index is 2.24. The zero-order valence-corrected chi connectivity index (χ0v) is 15.2. The van der Waals surface area contributed by atoms with Gasteiger partial charge >= 0.3 is 0 Å². The Bertz CT molecular complexity index is 875. The number of hydrogen-bond donors (Lipinski definition) is 1. The maximum atomic E-state index is 12.9. The van der Waals surface area contributed by atoms with Crippen LogP contribution in [0, 0.1) is 11.3 Å². The number of pyridine rings is 1. The molecule has 0 aliphatic rings. The lowest BCUT2D eigenvalue weighted by Crippen LogP contribution is -2.31. The number of nitrogens with one attached hydrogen (secondary N) is 1. The lowest BCUT2D eigenvalue weighted by Gasteiger charge is -2.21. The summed E-state index contributed by atoms with van der Waals surface area (Å²) < 4.78 is 27.1. The van der Waals surface area contributed by atoms with Crippen LogP contribution in [0.5, 0.6) is 0 Å². The van der Waals surface area contributed by atoms with E-state index in [0.29, 0.717) is 12.1 Å². The van der Waals surface area contributed by atoms with Gasteiger partial charge in [0, 0.05) is 44.0 Å². The molecule has 0 spiro atoms. The Morgan fingerprint density at radius 3 is 2.58 bits per heavy atom. The van der Waals surface area contributed by atoms with E-state index >= 15 is 0 Å². The van der Waals surface area contributed by atoms with Crippen LogP contribution in [0.25, 0.3) is 0 Å². The van der Waals surface area contributed by atoms with E-state index in [9.17, 15) is 13.2 Å². The lowest BCUT2D eigenvalue weighted by molar-refractivity contribution is -0.115. The summed E-state index contributed by atoms with van der Waals surface area (Å²) in [5.74, 6) is -0.146. The molecule has 7 nitrogen and oxygen atoms in total. The van der Waals surface area contributed by atoms with E-state index in [1.54, 1.807) is 43.6 Å². The Morgan fingerprint density at radius 2 is 2.00 bits per heavy atom. The summed E-state index contributed by atoms with van der Waals surface area (Å²) in [7, 11) is -3.78. The van der Waals surface area contributed by atoms with Crippen molar-refractivity contribution in [3.05, 3.63) is 54.4 Å². The van der Waals surface area contributed by atoms with Crippen LogP contribution in [0.4, 0.5) is 5.69 Å². The molecule has 0 saturated heterocycles. The van der Waals surface area contributed by atoms with Crippen LogP contribution in [0.15, 0.2) is 53.7 Å². The zero-order chi connectivity index (χ0) is 19.0. The maximum absolute atomic E-state index is 12.9. The van der Waals surface area contributed by atoms with Crippen LogP contribution < -0.4 is 5.32 Å². The van der Waals surface area contributed by atoms with Gasteiger partial charge in [-0.25, -0.2) is 8.42 Å². The molecule has 0 aliphatic carbocycles. The smallest absolute Gasteiger partial charge is 0.243 e. The molecule has 136 valence electrons. The molecule has 0 unspecified atom stereocenters. The number of amides is 1. The first kappa shape index (κ1) is 19.6. The van der Waals surface area contributed by atoms with Crippen LogP contribution >= 0.6 is 0 Å². The predicted molar refractivity (Wildman–Crippen MR) is 97.4 cm³/mol. The fourth-order valence-corrected chi connectivity index (χ4v) is 3.69. The molecule has 0 bridgehead atoms. The van der Waals surface area contributed by atoms with E-state index in [2.05, 4.69) is 10.3 Å². The highest BCUT2D eigenvalue weighted by Crippen LogP contribution is 2.20. The molecule has 2 aromatic rings. The molecule has 0 saturated carbocycles. The number of anilines is 1. The van der Waals surface area contributed by atoms with Crippen LogP contribution in [0.2, 0.25) is 0 Å². The first-order valence-corrected chi connectivity index (χ1v) is 9.57. The molecule has 26 heavy (non-hydrogen) atoms. The van der Waals surface area contributed by atoms with Crippen molar-refractivity contribution in [3.63, 3.8) is 0 Å². The first-order chi connectivity index (χ1) is 12.5. The van der Waals surface area contributed by atoms with E-state index in [4.69, 9.17) is 5.26 Å². The van der Waals surface area contributed by atoms with Gasteiger partial charge in [-0.15, -0.1) is 0 Å². The fraction of sp³-hybridized carbons (Fsp3) is 0.278. The number of sulfonamides is 1. The lowest BCUT2D eigenvalue weighted by atomic mass is 10.3. The van der Waals surface area contributed by atoms with E-state index < -0.39 is 10.0 Å². The number of carbonyl (C=O) groups is 1. The van der Waals surface area contributed by atoms with Crippen LogP contribution in [-0.4, -0.2) is 30.2 Å². The minimum absolute atomic E-state index is 0.0854. The highest BCUT2D eigenvalue weighted by atomic mass is 32.2. The van der Waals surface area contributed by atoms with Crippen molar-refractivity contribution in [1.29, 1.82) is 5.26 Å². The first-order valence-electron chi connectivity index (χ1n) is 8.13. The van der Waals surface area contributed by atoms with Crippen molar-refractivity contribution >= 4 is 21.6 Å². The Hall–Kier alpha value is -2.76. The monoisotopic (exact) mass is 372 g/mol. The summed E-state index contributed by atoms with van der Waals surface area (Å²) in [5.41, 5.74) is 1.27. The average molecular weight is 372 g/mol. The number of hydrogen-bond acceptors (Lipinski definition) is 5.